The quantitative estimate of drug-likeness (QED) is 0.645. The van der Waals surface area contributed by atoms with Crippen LogP contribution in [0.5, 0.6) is 0 Å². The number of hydrogen-bond donors (Lipinski definition) is 1. The van der Waals surface area contributed by atoms with Crippen LogP contribution in [0.1, 0.15) is 6.42 Å². The Morgan fingerprint density at radius 1 is 1.47 bits per heavy atom. The Labute approximate surface area is 108 Å². The summed E-state index contributed by atoms with van der Waals surface area (Å²) < 4.78 is 38.8. The molecule has 0 amide bonds. The minimum absolute atomic E-state index is 0.0611. The van der Waals surface area contributed by atoms with E-state index in [2.05, 4.69) is 0 Å². The van der Waals surface area contributed by atoms with E-state index in [9.17, 15) is 28.0 Å². The summed E-state index contributed by atoms with van der Waals surface area (Å²) in [5.41, 5.74) is -0.500. The third kappa shape index (κ3) is 2.57. The van der Waals surface area contributed by atoms with Crippen LogP contribution in [0.25, 0.3) is 0 Å². The molecule has 1 aromatic carbocycles. The number of halogens is 1. The number of non-ortho nitro benzene ring substituents is 1. The molecule has 0 aromatic heterocycles. The molecule has 1 N–H and O–H groups in total. The van der Waals surface area contributed by atoms with E-state index in [1.165, 1.54) is 0 Å². The van der Waals surface area contributed by atoms with Gasteiger partial charge in [-0.3, -0.25) is 10.1 Å². The summed E-state index contributed by atoms with van der Waals surface area (Å²) in [6.07, 6.45) is -0.535. The molecule has 0 unspecified atom stereocenters. The number of aliphatic hydroxyl groups is 1. The fourth-order valence-corrected chi connectivity index (χ4v) is 3.45. The molecule has 1 saturated heterocycles. The Hall–Kier alpha value is -1.58. The smallest absolute Gasteiger partial charge is 0.270 e. The van der Waals surface area contributed by atoms with Crippen LogP contribution in [-0.4, -0.2) is 41.9 Å². The molecule has 1 fully saturated rings. The molecule has 0 saturated carbocycles. The zero-order chi connectivity index (χ0) is 14.2. The van der Waals surface area contributed by atoms with Gasteiger partial charge < -0.3 is 5.11 Å². The number of benzene rings is 1. The van der Waals surface area contributed by atoms with E-state index in [-0.39, 0.29) is 19.5 Å². The standard InChI is InChI=1S/C10H11FN2O5S/c11-9-2-1-7(13(15)16)5-10(9)19(17,18)12-4-3-8(14)6-12/h1-2,5,8,14H,3-4,6H2/t8-/m0/s1. The maximum atomic E-state index is 13.6. The highest BCUT2D eigenvalue weighted by Gasteiger charge is 2.34. The van der Waals surface area contributed by atoms with Crippen molar-refractivity contribution in [2.24, 2.45) is 0 Å². The normalized spacial score (nSPS) is 20.6. The molecule has 1 aliphatic heterocycles. The molecule has 0 bridgehead atoms. The lowest BCUT2D eigenvalue weighted by molar-refractivity contribution is -0.385. The molecule has 19 heavy (non-hydrogen) atoms. The summed E-state index contributed by atoms with van der Waals surface area (Å²) in [5.74, 6) is -1.05. The molecule has 104 valence electrons. The van der Waals surface area contributed by atoms with Gasteiger partial charge in [0.25, 0.3) is 5.69 Å². The Morgan fingerprint density at radius 3 is 2.68 bits per heavy atom. The number of rotatable bonds is 3. The summed E-state index contributed by atoms with van der Waals surface area (Å²) in [6.45, 7) is -0.0733. The number of hydrogen-bond acceptors (Lipinski definition) is 5. The molecule has 1 atom stereocenters. The van der Waals surface area contributed by atoms with Crippen molar-refractivity contribution >= 4 is 15.7 Å². The van der Waals surface area contributed by atoms with Gasteiger partial charge in [-0.1, -0.05) is 0 Å². The van der Waals surface area contributed by atoms with Gasteiger partial charge in [-0.05, 0) is 12.5 Å². The molecule has 1 aliphatic rings. The van der Waals surface area contributed by atoms with Gasteiger partial charge in [-0.2, -0.15) is 4.31 Å². The molecule has 2 rings (SSSR count). The number of nitro benzene ring substituents is 1. The first kappa shape index (κ1) is 13.8. The maximum Gasteiger partial charge on any atom is 0.270 e. The van der Waals surface area contributed by atoms with Crippen molar-refractivity contribution < 1.29 is 22.8 Å². The number of nitro groups is 1. The monoisotopic (exact) mass is 290 g/mol. The maximum absolute atomic E-state index is 13.6. The van der Waals surface area contributed by atoms with Gasteiger partial charge in [0, 0.05) is 25.2 Å². The third-order valence-corrected chi connectivity index (χ3v) is 4.75. The van der Waals surface area contributed by atoms with Crippen LogP contribution in [0, 0.1) is 15.9 Å². The van der Waals surface area contributed by atoms with Crippen molar-refractivity contribution in [1.29, 1.82) is 0 Å². The fraction of sp³-hybridized carbons (Fsp3) is 0.400. The second-order valence-electron chi connectivity index (χ2n) is 4.18. The van der Waals surface area contributed by atoms with Crippen LogP contribution in [-0.2, 0) is 10.0 Å². The lowest BCUT2D eigenvalue weighted by Gasteiger charge is -2.15. The van der Waals surface area contributed by atoms with Crippen LogP contribution < -0.4 is 0 Å². The zero-order valence-corrected chi connectivity index (χ0v) is 10.5. The van der Waals surface area contributed by atoms with E-state index >= 15 is 0 Å². The number of nitrogens with zero attached hydrogens (tertiary/aromatic N) is 2. The highest BCUT2D eigenvalue weighted by molar-refractivity contribution is 7.89. The number of sulfonamides is 1. The molecule has 9 heteroatoms. The van der Waals surface area contributed by atoms with Crippen molar-refractivity contribution in [1.82, 2.24) is 4.31 Å². The predicted molar refractivity (Wildman–Crippen MR) is 62.4 cm³/mol. The summed E-state index contributed by atoms with van der Waals surface area (Å²) in [7, 11) is -4.16. The van der Waals surface area contributed by atoms with Gasteiger partial charge in [0.2, 0.25) is 10.0 Å². The fourth-order valence-electron chi connectivity index (χ4n) is 1.87. The molecule has 0 radical (unpaired) electrons. The largest absolute Gasteiger partial charge is 0.392 e. The van der Waals surface area contributed by atoms with Crippen LogP contribution in [0.2, 0.25) is 0 Å². The average molecular weight is 290 g/mol. The SMILES string of the molecule is O=[N+]([O-])c1ccc(F)c(S(=O)(=O)N2CC[C@H](O)C2)c1. The van der Waals surface area contributed by atoms with Crippen molar-refractivity contribution in [2.75, 3.05) is 13.1 Å². The first-order valence-electron chi connectivity index (χ1n) is 5.44. The predicted octanol–water partition coefficient (Wildman–Crippen LogP) is 0.489. The minimum Gasteiger partial charge on any atom is -0.392 e. The second-order valence-corrected chi connectivity index (χ2v) is 6.08. The van der Waals surface area contributed by atoms with Crippen molar-refractivity contribution in [2.45, 2.75) is 17.4 Å². The Morgan fingerprint density at radius 2 is 2.16 bits per heavy atom. The summed E-state index contributed by atoms with van der Waals surface area (Å²) >= 11 is 0. The summed E-state index contributed by atoms with van der Waals surface area (Å²) in [4.78, 5) is 9.07. The Kier molecular flexibility index (Phi) is 3.52. The molecule has 7 nitrogen and oxygen atoms in total. The molecule has 0 aliphatic carbocycles. The van der Waals surface area contributed by atoms with Crippen molar-refractivity contribution in [3.8, 4) is 0 Å². The second kappa shape index (κ2) is 4.83. The minimum atomic E-state index is -4.16. The molecule has 1 aromatic rings. The number of β-amino-alcohol motifs (C(OH)–C–C–N with tert-alkyl or cyclic N) is 1. The lowest BCUT2D eigenvalue weighted by Crippen LogP contribution is -2.30. The van der Waals surface area contributed by atoms with Gasteiger partial charge in [-0.25, -0.2) is 12.8 Å². The van der Waals surface area contributed by atoms with Crippen LogP contribution in [0.15, 0.2) is 23.1 Å². The third-order valence-electron chi connectivity index (χ3n) is 2.87. The lowest BCUT2D eigenvalue weighted by atomic mass is 10.3. The van der Waals surface area contributed by atoms with E-state index in [1.807, 2.05) is 0 Å². The molecular weight excluding hydrogens is 279 g/mol. The van der Waals surface area contributed by atoms with Gasteiger partial charge in [0.15, 0.2) is 0 Å². The molecule has 1 heterocycles. The van der Waals surface area contributed by atoms with E-state index in [1.54, 1.807) is 0 Å². The topological polar surface area (TPSA) is 101 Å². The van der Waals surface area contributed by atoms with Gasteiger partial charge in [0.1, 0.15) is 10.7 Å². The van der Waals surface area contributed by atoms with Crippen LogP contribution in [0.3, 0.4) is 0 Å². The Balaban J connectivity index is 2.45. The first-order valence-corrected chi connectivity index (χ1v) is 6.88. The van der Waals surface area contributed by atoms with Gasteiger partial charge >= 0.3 is 0 Å². The van der Waals surface area contributed by atoms with Crippen molar-refractivity contribution in [3.05, 3.63) is 34.1 Å². The van der Waals surface area contributed by atoms with E-state index in [0.29, 0.717) is 6.07 Å². The van der Waals surface area contributed by atoms with Gasteiger partial charge in [-0.15, -0.1) is 0 Å². The van der Waals surface area contributed by atoms with Crippen LogP contribution in [0.4, 0.5) is 10.1 Å². The summed E-state index contributed by atoms with van der Waals surface area (Å²) in [6, 6.07) is 2.33. The molecule has 0 spiro atoms. The van der Waals surface area contributed by atoms with Crippen molar-refractivity contribution in [3.63, 3.8) is 0 Å². The number of aliphatic hydroxyl groups excluding tert-OH is 1. The van der Waals surface area contributed by atoms with E-state index in [0.717, 1.165) is 16.4 Å². The highest BCUT2D eigenvalue weighted by Crippen LogP contribution is 2.26. The first-order chi connectivity index (χ1) is 8.82. The van der Waals surface area contributed by atoms with E-state index < -0.39 is 37.5 Å². The zero-order valence-electron chi connectivity index (χ0n) is 9.69. The molecular formula is C10H11FN2O5S. The van der Waals surface area contributed by atoms with E-state index in [4.69, 9.17) is 0 Å². The van der Waals surface area contributed by atoms with Crippen LogP contribution >= 0.6 is 0 Å². The Bertz CT molecular complexity index is 618. The highest BCUT2D eigenvalue weighted by atomic mass is 32.2. The summed E-state index contributed by atoms with van der Waals surface area (Å²) in [5, 5.41) is 19.9. The van der Waals surface area contributed by atoms with Gasteiger partial charge in [0.05, 0.1) is 11.0 Å². The average Bonchev–Trinajstić information content (AvgIpc) is 2.76.